The van der Waals surface area contributed by atoms with Gasteiger partial charge in [0.05, 0.1) is 4.90 Å². The second kappa shape index (κ2) is 8.35. The molecule has 0 saturated heterocycles. The van der Waals surface area contributed by atoms with Crippen molar-refractivity contribution in [3.8, 4) is 9.75 Å². The van der Waals surface area contributed by atoms with E-state index in [2.05, 4.69) is 28.9 Å². The molecule has 1 N–H and O–H groups in total. The van der Waals surface area contributed by atoms with Crippen LogP contribution < -0.4 is 5.32 Å². The molecule has 0 bridgehead atoms. The van der Waals surface area contributed by atoms with Gasteiger partial charge in [-0.1, -0.05) is 6.07 Å². The molecule has 2 aromatic heterocycles. The normalized spacial score (nSPS) is 11.7. The van der Waals surface area contributed by atoms with Crippen molar-refractivity contribution in [1.29, 1.82) is 0 Å². The minimum absolute atomic E-state index is 0.170. The van der Waals surface area contributed by atoms with Gasteiger partial charge in [-0.2, -0.15) is 0 Å². The quantitative estimate of drug-likeness (QED) is 0.634. The average Bonchev–Trinajstić information content (AvgIpc) is 3.33. The third-order valence-corrected chi connectivity index (χ3v) is 8.02. The van der Waals surface area contributed by atoms with Crippen LogP contribution in [0.3, 0.4) is 0 Å². The first-order chi connectivity index (χ1) is 12.9. The van der Waals surface area contributed by atoms with Crippen molar-refractivity contribution in [2.75, 3.05) is 20.6 Å². The van der Waals surface area contributed by atoms with Crippen LogP contribution in [-0.4, -0.2) is 39.3 Å². The first kappa shape index (κ1) is 19.8. The molecule has 0 aliphatic heterocycles. The minimum Gasteiger partial charge on any atom is -0.352 e. The van der Waals surface area contributed by atoms with Crippen LogP contribution in [0.25, 0.3) is 9.75 Å². The van der Waals surface area contributed by atoms with E-state index in [1.165, 1.54) is 53.0 Å². The minimum atomic E-state index is -3.48. The van der Waals surface area contributed by atoms with E-state index < -0.39 is 10.0 Å². The van der Waals surface area contributed by atoms with Crippen LogP contribution >= 0.6 is 22.7 Å². The van der Waals surface area contributed by atoms with Gasteiger partial charge in [-0.25, -0.2) is 12.7 Å². The Morgan fingerprint density at radius 3 is 2.41 bits per heavy atom. The molecule has 0 spiro atoms. The molecular weight excluding hydrogens is 400 g/mol. The summed E-state index contributed by atoms with van der Waals surface area (Å²) in [5, 5.41) is 4.94. The van der Waals surface area contributed by atoms with Gasteiger partial charge in [-0.3, -0.25) is 4.79 Å². The monoisotopic (exact) mass is 420 g/mol. The van der Waals surface area contributed by atoms with Gasteiger partial charge in [0.25, 0.3) is 5.91 Å². The van der Waals surface area contributed by atoms with Gasteiger partial charge in [-0.05, 0) is 54.3 Å². The van der Waals surface area contributed by atoms with Crippen LogP contribution in [0.15, 0.2) is 58.8 Å². The molecular formula is C19H20N2O3S3. The number of carbonyl (C=O) groups excluding carboxylic acids is 1. The maximum Gasteiger partial charge on any atom is 0.251 e. The van der Waals surface area contributed by atoms with Crippen molar-refractivity contribution in [2.24, 2.45) is 0 Å². The number of benzene rings is 1. The second-order valence-corrected chi connectivity index (χ2v) is 10.3. The predicted octanol–water partition coefficient (Wildman–Crippen LogP) is 3.70. The smallest absolute Gasteiger partial charge is 0.251 e. The van der Waals surface area contributed by atoms with Crippen LogP contribution in [0.5, 0.6) is 0 Å². The molecule has 0 aliphatic rings. The Bertz CT molecular complexity index is 1000. The maximum atomic E-state index is 12.3. The summed E-state index contributed by atoms with van der Waals surface area (Å²) in [6.07, 6.45) is 0.759. The number of amides is 1. The summed E-state index contributed by atoms with van der Waals surface area (Å²) in [7, 11) is -0.532. The predicted molar refractivity (Wildman–Crippen MR) is 111 cm³/mol. The molecule has 1 amide bonds. The van der Waals surface area contributed by atoms with E-state index in [0.29, 0.717) is 12.1 Å². The molecule has 0 unspecified atom stereocenters. The lowest BCUT2D eigenvalue weighted by Crippen LogP contribution is -2.26. The van der Waals surface area contributed by atoms with E-state index in [0.717, 1.165) is 10.7 Å². The molecule has 27 heavy (non-hydrogen) atoms. The summed E-state index contributed by atoms with van der Waals surface area (Å²) in [6, 6.07) is 14.3. The number of nitrogens with one attached hydrogen (secondary N) is 1. The van der Waals surface area contributed by atoms with Gasteiger partial charge < -0.3 is 5.32 Å². The molecule has 0 atom stereocenters. The third kappa shape index (κ3) is 4.65. The Morgan fingerprint density at radius 2 is 1.78 bits per heavy atom. The van der Waals surface area contributed by atoms with Crippen LogP contribution in [-0.2, 0) is 16.4 Å². The van der Waals surface area contributed by atoms with Crippen molar-refractivity contribution >= 4 is 38.6 Å². The first-order valence-corrected chi connectivity index (χ1v) is 11.4. The van der Waals surface area contributed by atoms with E-state index in [9.17, 15) is 13.2 Å². The zero-order valence-electron chi connectivity index (χ0n) is 15.0. The lowest BCUT2D eigenvalue weighted by Gasteiger charge is -2.11. The summed E-state index contributed by atoms with van der Waals surface area (Å²) in [5.74, 6) is -0.209. The van der Waals surface area contributed by atoms with Crippen molar-refractivity contribution in [3.63, 3.8) is 0 Å². The molecule has 5 nitrogen and oxygen atoms in total. The summed E-state index contributed by atoms with van der Waals surface area (Å²) in [6.45, 7) is 0.529. The highest BCUT2D eigenvalue weighted by atomic mass is 32.2. The van der Waals surface area contributed by atoms with Gasteiger partial charge in [0.2, 0.25) is 10.0 Å². The molecule has 0 saturated carbocycles. The topological polar surface area (TPSA) is 66.5 Å². The molecule has 1 aromatic carbocycles. The lowest BCUT2D eigenvalue weighted by molar-refractivity contribution is 0.0954. The number of hydrogen-bond acceptors (Lipinski definition) is 5. The number of rotatable bonds is 7. The van der Waals surface area contributed by atoms with Gasteiger partial charge in [0.1, 0.15) is 0 Å². The molecule has 0 fully saturated rings. The van der Waals surface area contributed by atoms with Gasteiger partial charge in [0, 0.05) is 40.8 Å². The second-order valence-electron chi connectivity index (χ2n) is 6.06. The number of thiophene rings is 2. The van der Waals surface area contributed by atoms with Gasteiger partial charge in [-0.15, -0.1) is 22.7 Å². The van der Waals surface area contributed by atoms with Crippen molar-refractivity contribution in [3.05, 3.63) is 64.4 Å². The third-order valence-electron chi connectivity index (χ3n) is 3.98. The van der Waals surface area contributed by atoms with Crippen LogP contribution in [0.2, 0.25) is 0 Å². The standard InChI is InChI=1S/C19H20N2O3S3/c1-21(2)27(23,24)16-8-5-14(6-9-16)19(22)20-12-11-15-7-10-18(26-15)17-4-3-13-25-17/h3-10,13H,11-12H2,1-2H3,(H,20,22). The number of hydrogen-bond donors (Lipinski definition) is 1. The molecule has 142 valence electrons. The van der Waals surface area contributed by atoms with Crippen molar-refractivity contribution < 1.29 is 13.2 Å². The molecule has 0 radical (unpaired) electrons. The van der Waals surface area contributed by atoms with E-state index in [-0.39, 0.29) is 10.8 Å². The molecule has 0 aliphatic carbocycles. The van der Waals surface area contributed by atoms with Crippen LogP contribution in [0, 0.1) is 0 Å². The number of nitrogens with zero attached hydrogens (tertiary/aromatic N) is 1. The Balaban J connectivity index is 1.55. The largest absolute Gasteiger partial charge is 0.352 e. The Kier molecular flexibility index (Phi) is 6.11. The summed E-state index contributed by atoms with van der Waals surface area (Å²) in [4.78, 5) is 16.1. The highest BCUT2D eigenvalue weighted by Crippen LogP contribution is 2.31. The van der Waals surface area contributed by atoms with Crippen molar-refractivity contribution in [1.82, 2.24) is 9.62 Å². The van der Waals surface area contributed by atoms with Crippen LogP contribution in [0.1, 0.15) is 15.2 Å². The SMILES string of the molecule is CN(C)S(=O)(=O)c1ccc(C(=O)NCCc2ccc(-c3cccs3)s2)cc1. The fourth-order valence-corrected chi connectivity index (χ4v) is 5.20. The Labute approximate surface area is 167 Å². The average molecular weight is 421 g/mol. The van der Waals surface area contributed by atoms with Gasteiger partial charge >= 0.3 is 0 Å². The zero-order chi connectivity index (χ0) is 19.4. The Morgan fingerprint density at radius 1 is 1.04 bits per heavy atom. The molecule has 2 heterocycles. The number of carbonyl (C=O) groups is 1. The van der Waals surface area contributed by atoms with Crippen LogP contribution in [0.4, 0.5) is 0 Å². The number of sulfonamides is 1. The fraction of sp³-hybridized carbons (Fsp3) is 0.211. The summed E-state index contributed by atoms with van der Waals surface area (Å²) >= 11 is 3.45. The lowest BCUT2D eigenvalue weighted by atomic mass is 10.2. The van der Waals surface area contributed by atoms with E-state index in [1.54, 1.807) is 22.7 Å². The van der Waals surface area contributed by atoms with Gasteiger partial charge in [0.15, 0.2) is 0 Å². The fourth-order valence-electron chi connectivity index (χ4n) is 2.45. The summed E-state index contributed by atoms with van der Waals surface area (Å²) < 4.78 is 25.3. The Hall–Kier alpha value is -2.00. The van der Waals surface area contributed by atoms with E-state index in [4.69, 9.17) is 0 Å². The van der Waals surface area contributed by atoms with Crippen molar-refractivity contribution in [2.45, 2.75) is 11.3 Å². The molecule has 3 rings (SSSR count). The first-order valence-electron chi connectivity index (χ1n) is 8.31. The van der Waals surface area contributed by atoms with E-state index in [1.807, 2.05) is 6.07 Å². The zero-order valence-corrected chi connectivity index (χ0v) is 17.5. The highest BCUT2D eigenvalue weighted by molar-refractivity contribution is 7.89. The molecule has 3 aromatic rings. The maximum absolute atomic E-state index is 12.3. The highest BCUT2D eigenvalue weighted by Gasteiger charge is 2.17. The van der Waals surface area contributed by atoms with E-state index >= 15 is 0 Å². The summed E-state index contributed by atoms with van der Waals surface area (Å²) in [5.41, 5.74) is 0.443. The molecule has 8 heteroatoms.